The zero-order valence-electron chi connectivity index (χ0n) is 11.3. The smallest absolute Gasteiger partial charge is 0.192 e. The van der Waals surface area contributed by atoms with Gasteiger partial charge in [-0.3, -0.25) is 0 Å². The first kappa shape index (κ1) is 14.0. The van der Waals surface area contributed by atoms with Crippen molar-refractivity contribution in [2.45, 2.75) is 42.4 Å². The van der Waals surface area contributed by atoms with Crippen LogP contribution in [0.2, 0.25) is 0 Å². The first-order valence-electron chi connectivity index (χ1n) is 6.69. The molecule has 0 bridgehead atoms. The molecule has 1 aliphatic rings. The van der Waals surface area contributed by atoms with Gasteiger partial charge in [0.05, 0.1) is 0 Å². The topological polar surface area (TPSA) is 37.8 Å². The van der Waals surface area contributed by atoms with E-state index in [9.17, 15) is 0 Å². The molecule has 0 amide bonds. The van der Waals surface area contributed by atoms with Crippen LogP contribution in [0.25, 0.3) is 0 Å². The summed E-state index contributed by atoms with van der Waals surface area (Å²) in [5.41, 5.74) is 2.38. The molecule has 0 spiro atoms. The maximum atomic E-state index is 4.37. The number of hydrogen-bond donors (Lipinski definition) is 1. The quantitative estimate of drug-likeness (QED) is 0.829. The van der Waals surface area contributed by atoms with Gasteiger partial charge in [0, 0.05) is 34.3 Å². The van der Waals surface area contributed by atoms with Crippen molar-refractivity contribution >= 4 is 27.7 Å². The van der Waals surface area contributed by atoms with Crippen LogP contribution in [-0.2, 0) is 6.54 Å². The Morgan fingerprint density at radius 2 is 2.05 bits per heavy atom. The van der Waals surface area contributed by atoms with E-state index in [4.69, 9.17) is 0 Å². The summed E-state index contributed by atoms with van der Waals surface area (Å²) in [5.74, 6) is 0. The van der Waals surface area contributed by atoms with E-state index in [-0.39, 0.29) is 0 Å². The Morgan fingerprint density at radius 3 is 2.75 bits per heavy atom. The van der Waals surface area contributed by atoms with Gasteiger partial charge in [0.2, 0.25) is 0 Å². The largest absolute Gasteiger partial charge is 0.310 e. The molecule has 1 N–H and O–H groups in total. The predicted octanol–water partition coefficient (Wildman–Crippen LogP) is 3.95. The van der Waals surface area contributed by atoms with Crippen molar-refractivity contribution < 1.29 is 0 Å². The van der Waals surface area contributed by atoms with E-state index in [1.807, 2.05) is 19.3 Å². The average Bonchev–Trinajstić information content (AvgIpc) is 3.25. The van der Waals surface area contributed by atoms with Crippen molar-refractivity contribution in [2.24, 2.45) is 0 Å². The van der Waals surface area contributed by atoms with Gasteiger partial charge in [0.15, 0.2) is 5.16 Å². The Kier molecular flexibility index (Phi) is 4.38. The molecule has 0 saturated heterocycles. The van der Waals surface area contributed by atoms with Gasteiger partial charge in [-0.05, 0) is 54.8 Å². The standard InChI is InChI=1S/C15H16BrN3S/c1-10-7-18-15(19-8-10)20-14-6-12(16)3-2-11(14)9-17-13-4-5-13/h2-3,6-8,13,17H,4-5,9H2,1H3. The van der Waals surface area contributed by atoms with Gasteiger partial charge in [0.1, 0.15) is 0 Å². The van der Waals surface area contributed by atoms with Crippen molar-refractivity contribution in [1.82, 2.24) is 15.3 Å². The molecule has 104 valence electrons. The van der Waals surface area contributed by atoms with Crippen molar-refractivity contribution in [3.63, 3.8) is 0 Å². The fraction of sp³-hybridized carbons (Fsp3) is 0.333. The predicted molar refractivity (Wildman–Crippen MR) is 84.9 cm³/mol. The molecule has 1 fully saturated rings. The molecule has 0 aliphatic heterocycles. The van der Waals surface area contributed by atoms with E-state index in [1.165, 1.54) is 23.3 Å². The normalized spacial score (nSPS) is 14.5. The lowest BCUT2D eigenvalue weighted by molar-refractivity contribution is 0.680. The summed E-state index contributed by atoms with van der Waals surface area (Å²) in [6.45, 7) is 2.91. The highest BCUT2D eigenvalue weighted by Gasteiger charge is 2.20. The van der Waals surface area contributed by atoms with E-state index in [2.05, 4.69) is 49.4 Å². The van der Waals surface area contributed by atoms with Gasteiger partial charge in [0.25, 0.3) is 0 Å². The molecule has 20 heavy (non-hydrogen) atoms. The molecule has 2 aromatic rings. The second kappa shape index (κ2) is 6.24. The molecule has 1 saturated carbocycles. The summed E-state index contributed by atoms with van der Waals surface area (Å²) in [7, 11) is 0. The Balaban J connectivity index is 1.78. The van der Waals surface area contributed by atoms with Crippen molar-refractivity contribution in [3.05, 3.63) is 46.2 Å². The third-order valence-corrected chi connectivity index (χ3v) is 4.63. The number of rotatable bonds is 5. The highest BCUT2D eigenvalue weighted by molar-refractivity contribution is 9.10. The second-order valence-corrected chi connectivity index (χ2v) is 6.98. The summed E-state index contributed by atoms with van der Waals surface area (Å²) < 4.78 is 1.09. The highest BCUT2D eigenvalue weighted by Crippen LogP contribution is 2.31. The van der Waals surface area contributed by atoms with E-state index in [0.29, 0.717) is 6.04 Å². The van der Waals surface area contributed by atoms with Gasteiger partial charge in [-0.15, -0.1) is 0 Å². The summed E-state index contributed by atoms with van der Waals surface area (Å²) in [4.78, 5) is 9.94. The van der Waals surface area contributed by atoms with Gasteiger partial charge < -0.3 is 5.32 Å². The molecular formula is C15H16BrN3S. The number of halogens is 1. The molecular weight excluding hydrogens is 334 g/mol. The van der Waals surface area contributed by atoms with Crippen LogP contribution in [0.3, 0.4) is 0 Å². The number of hydrogen-bond acceptors (Lipinski definition) is 4. The summed E-state index contributed by atoms with van der Waals surface area (Å²) >= 11 is 5.16. The van der Waals surface area contributed by atoms with E-state index in [0.717, 1.165) is 21.7 Å². The lowest BCUT2D eigenvalue weighted by Crippen LogP contribution is -2.15. The minimum absolute atomic E-state index is 0.715. The van der Waals surface area contributed by atoms with Crippen molar-refractivity contribution in [1.29, 1.82) is 0 Å². The van der Waals surface area contributed by atoms with Gasteiger partial charge in [-0.2, -0.15) is 0 Å². The fourth-order valence-electron chi connectivity index (χ4n) is 1.84. The molecule has 1 aliphatic carbocycles. The van der Waals surface area contributed by atoms with Crippen LogP contribution < -0.4 is 5.32 Å². The number of nitrogens with zero attached hydrogens (tertiary/aromatic N) is 2. The Morgan fingerprint density at radius 1 is 1.30 bits per heavy atom. The zero-order chi connectivity index (χ0) is 13.9. The lowest BCUT2D eigenvalue weighted by Gasteiger charge is -2.10. The minimum Gasteiger partial charge on any atom is -0.310 e. The highest BCUT2D eigenvalue weighted by atomic mass is 79.9. The first-order chi connectivity index (χ1) is 9.70. The van der Waals surface area contributed by atoms with Gasteiger partial charge >= 0.3 is 0 Å². The summed E-state index contributed by atoms with van der Waals surface area (Å²) in [5, 5.41) is 4.35. The molecule has 3 rings (SSSR count). The van der Waals surface area contributed by atoms with Crippen LogP contribution in [0.5, 0.6) is 0 Å². The van der Waals surface area contributed by atoms with Crippen LogP contribution in [0, 0.1) is 6.92 Å². The lowest BCUT2D eigenvalue weighted by atomic mass is 10.2. The number of aryl methyl sites for hydroxylation is 1. The van der Waals surface area contributed by atoms with E-state index < -0.39 is 0 Å². The first-order valence-corrected chi connectivity index (χ1v) is 8.30. The molecule has 0 radical (unpaired) electrons. The minimum atomic E-state index is 0.715. The Labute approximate surface area is 131 Å². The molecule has 1 aromatic heterocycles. The Hall–Kier alpha value is -0.910. The molecule has 0 unspecified atom stereocenters. The van der Waals surface area contributed by atoms with Crippen LogP contribution in [0.4, 0.5) is 0 Å². The summed E-state index contributed by atoms with van der Waals surface area (Å²) in [6, 6.07) is 7.10. The van der Waals surface area contributed by atoms with Crippen LogP contribution >= 0.6 is 27.7 Å². The third-order valence-electron chi connectivity index (χ3n) is 3.15. The van der Waals surface area contributed by atoms with Crippen molar-refractivity contribution in [3.8, 4) is 0 Å². The monoisotopic (exact) mass is 349 g/mol. The van der Waals surface area contributed by atoms with E-state index >= 15 is 0 Å². The fourth-order valence-corrected chi connectivity index (χ4v) is 3.22. The van der Waals surface area contributed by atoms with Gasteiger partial charge in [-0.1, -0.05) is 22.0 Å². The van der Waals surface area contributed by atoms with Crippen LogP contribution in [0.1, 0.15) is 24.0 Å². The molecule has 1 aromatic carbocycles. The average molecular weight is 350 g/mol. The zero-order valence-corrected chi connectivity index (χ0v) is 13.7. The maximum absolute atomic E-state index is 4.37. The Bertz CT molecular complexity index is 597. The summed E-state index contributed by atoms with van der Waals surface area (Å²) in [6.07, 6.45) is 6.32. The molecule has 1 heterocycles. The van der Waals surface area contributed by atoms with Crippen molar-refractivity contribution in [2.75, 3.05) is 0 Å². The number of benzene rings is 1. The number of aromatic nitrogens is 2. The molecule has 0 atom stereocenters. The second-order valence-electron chi connectivity index (χ2n) is 5.05. The van der Waals surface area contributed by atoms with E-state index in [1.54, 1.807) is 11.8 Å². The van der Waals surface area contributed by atoms with Crippen LogP contribution in [0.15, 0.2) is 45.1 Å². The van der Waals surface area contributed by atoms with Crippen LogP contribution in [-0.4, -0.2) is 16.0 Å². The van der Waals surface area contributed by atoms with Gasteiger partial charge in [-0.25, -0.2) is 9.97 Å². The molecule has 3 nitrogen and oxygen atoms in total. The maximum Gasteiger partial charge on any atom is 0.192 e. The third kappa shape index (κ3) is 3.81. The SMILES string of the molecule is Cc1cnc(Sc2cc(Br)ccc2CNC2CC2)nc1. The molecule has 5 heteroatoms. The number of nitrogens with one attached hydrogen (secondary N) is 1.